The Morgan fingerprint density at radius 2 is 2.00 bits per heavy atom. The lowest BCUT2D eigenvalue weighted by atomic mass is 9.90. The predicted molar refractivity (Wildman–Crippen MR) is 104 cm³/mol. The molecule has 1 saturated heterocycles. The van der Waals surface area contributed by atoms with Crippen molar-refractivity contribution in [3.8, 4) is 6.07 Å². The second-order valence-corrected chi connectivity index (χ2v) is 9.31. The normalized spacial score (nSPS) is 18.8. The lowest BCUT2D eigenvalue weighted by molar-refractivity contribution is -0.130. The first-order chi connectivity index (χ1) is 13.0. The van der Waals surface area contributed by atoms with Crippen LogP contribution >= 0.6 is 0 Å². The van der Waals surface area contributed by atoms with Gasteiger partial charge in [0, 0.05) is 6.54 Å². The SMILES string of the molecule is CC(OC(=O)c1cccc(N2CCCS2(=O)=O)c1)C(=O)NC(C)(C#N)C(C)C. The summed E-state index contributed by atoms with van der Waals surface area (Å²) in [4.78, 5) is 24.7. The Labute approximate surface area is 165 Å². The number of nitrogens with zero attached hydrogens (tertiary/aromatic N) is 2. The summed E-state index contributed by atoms with van der Waals surface area (Å²) in [5.74, 6) is -1.39. The van der Waals surface area contributed by atoms with Gasteiger partial charge in [-0.2, -0.15) is 5.26 Å². The molecular formula is C19H25N3O5S. The quantitative estimate of drug-likeness (QED) is 0.719. The average molecular weight is 407 g/mol. The maximum Gasteiger partial charge on any atom is 0.338 e. The van der Waals surface area contributed by atoms with Crippen molar-refractivity contribution in [2.75, 3.05) is 16.6 Å². The molecule has 1 fully saturated rings. The maximum absolute atomic E-state index is 12.4. The Hall–Kier alpha value is -2.60. The summed E-state index contributed by atoms with van der Waals surface area (Å²) >= 11 is 0. The van der Waals surface area contributed by atoms with E-state index < -0.39 is 33.5 Å². The molecule has 1 aromatic rings. The minimum atomic E-state index is -3.36. The summed E-state index contributed by atoms with van der Waals surface area (Å²) in [6, 6.07) is 8.16. The number of rotatable bonds is 6. The highest BCUT2D eigenvalue weighted by Gasteiger charge is 2.33. The molecule has 8 nitrogen and oxygen atoms in total. The number of carbonyl (C=O) groups excluding carboxylic acids is 2. The Morgan fingerprint density at radius 1 is 1.32 bits per heavy atom. The first kappa shape index (κ1) is 21.7. The molecule has 1 aliphatic rings. The summed E-state index contributed by atoms with van der Waals surface area (Å²) in [7, 11) is -3.36. The van der Waals surface area contributed by atoms with Crippen LogP contribution in [0.4, 0.5) is 5.69 Å². The molecular weight excluding hydrogens is 382 g/mol. The van der Waals surface area contributed by atoms with E-state index in [9.17, 15) is 23.3 Å². The second kappa shape index (κ2) is 8.19. The molecule has 2 rings (SSSR count). The third-order valence-corrected chi connectivity index (χ3v) is 6.76. The van der Waals surface area contributed by atoms with E-state index >= 15 is 0 Å². The van der Waals surface area contributed by atoms with E-state index in [-0.39, 0.29) is 17.2 Å². The van der Waals surface area contributed by atoms with Crippen molar-refractivity contribution in [3.63, 3.8) is 0 Å². The standard InChI is InChI=1S/C19H25N3O5S/c1-13(2)19(4,12-20)21-17(23)14(3)27-18(24)15-7-5-8-16(11-15)22-9-6-10-28(22,25)26/h5,7-8,11,13-14H,6,9-10H2,1-4H3,(H,21,23). The number of esters is 1. The van der Waals surface area contributed by atoms with Gasteiger partial charge in [0.15, 0.2) is 6.10 Å². The summed E-state index contributed by atoms with van der Waals surface area (Å²) < 4.78 is 30.6. The Kier molecular flexibility index (Phi) is 6.34. The largest absolute Gasteiger partial charge is 0.449 e. The van der Waals surface area contributed by atoms with E-state index in [0.717, 1.165) is 0 Å². The molecule has 1 amide bonds. The molecule has 2 unspecified atom stereocenters. The van der Waals surface area contributed by atoms with E-state index in [1.165, 1.54) is 23.4 Å². The van der Waals surface area contributed by atoms with E-state index in [0.29, 0.717) is 18.7 Å². The zero-order valence-electron chi connectivity index (χ0n) is 16.4. The fraction of sp³-hybridized carbons (Fsp3) is 0.526. The van der Waals surface area contributed by atoms with Crippen LogP contribution in [-0.4, -0.2) is 44.2 Å². The number of hydrogen-bond acceptors (Lipinski definition) is 6. The first-order valence-electron chi connectivity index (χ1n) is 9.05. The molecule has 152 valence electrons. The van der Waals surface area contributed by atoms with Crippen LogP contribution in [0.3, 0.4) is 0 Å². The summed E-state index contributed by atoms with van der Waals surface area (Å²) in [5.41, 5.74) is -0.547. The third kappa shape index (κ3) is 4.62. The number of amides is 1. The number of sulfonamides is 1. The van der Waals surface area contributed by atoms with Crippen molar-refractivity contribution < 1.29 is 22.7 Å². The van der Waals surface area contributed by atoms with Crippen molar-refractivity contribution in [1.29, 1.82) is 5.26 Å². The molecule has 0 aliphatic carbocycles. The van der Waals surface area contributed by atoms with Crippen LogP contribution in [-0.2, 0) is 19.6 Å². The van der Waals surface area contributed by atoms with Gasteiger partial charge in [-0.25, -0.2) is 13.2 Å². The monoisotopic (exact) mass is 407 g/mol. The van der Waals surface area contributed by atoms with Gasteiger partial charge in [0.2, 0.25) is 10.0 Å². The molecule has 1 aromatic carbocycles. The highest BCUT2D eigenvalue weighted by molar-refractivity contribution is 7.93. The van der Waals surface area contributed by atoms with Gasteiger partial charge in [-0.15, -0.1) is 0 Å². The van der Waals surface area contributed by atoms with Gasteiger partial charge in [0.05, 0.1) is 23.1 Å². The van der Waals surface area contributed by atoms with Crippen LogP contribution in [0.15, 0.2) is 24.3 Å². The summed E-state index contributed by atoms with van der Waals surface area (Å²) in [5, 5.41) is 11.9. The van der Waals surface area contributed by atoms with Crippen LogP contribution < -0.4 is 9.62 Å². The number of nitrogens with one attached hydrogen (secondary N) is 1. The first-order valence-corrected chi connectivity index (χ1v) is 10.7. The highest BCUT2D eigenvalue weighted by atomic mass is 32.2. The summed E-state index contributed by atoms with van der Waals surface area (Å²) in [6.07, 6.45) is -0.583. The topological polar surface area (TPSA) is 117 Å². The van der Waals surface area contributed by atoms with Crippen LogP contribution in [0, 0.1) is 17.2 Å². The van der Waals surface area contributed by atoms with Gasteiger partial charge in [-0.05, 0) is 44.4 Å². The van der Waals surface area contributed by atoms with Crippen molar-refractivity contribution in [1.82, 2.24) is 5.32 Å². The molecule has 0 radical (unpaired) electrons. The van der Waals surface area contributed by atoms with Crippen LogP contribution in [0.2, 0.25) is 0 Å². The number of ether oxygens (including phenoxy) is 1. The number of anilines is 1. The van der Waals surface area contributed by atoms with Crippen molar-refractivity contribution in [2.45, 2.75) is 45.8 Å². The third-order valence-electron chi connectivity index (χ3n) is 4.89. The molecule has 1 aliphatic heterocycles. The van der Waals surface area contributed by atoms with Gasteiger partial charge in [-0.1, -0.05) is 19.9 Å². The smallest absolute Gasteiger partial charge is 0.338 e. The zero-order valence-corrected chi connectivity index (χ0v) is 17.2. The van der Waals surface area contributed by atoms with Gasteiger partial charge in [0.25, 0.3) is 5.91 Å². The lowest BCUT2D eigenvalue weighted by Gasteiger charge is -2.28. The minimum absolute atomic E-state index is 0.0758. The van der Waals surface area contributed by atoms with Crippen LogP contribution in [0.5, 0.6) is 0 Å². The number of hydrogen-bond donors (Lipinski definition) is 1. The number of carbonyl (C=O) groups is 2. The molecule has 1 N–H and O–H groups in total. The van der Waals surface area contributed by atoms with Crippen molar-refractivity contribution >= 4 is 27.6 Å². The van der Waals surface area contributed by atoms with Crippen LogP contribution in [0.1, 0.15) is 44.5 Å². The number of benzene rings is 1. The van der Waals surface area contributed by atoms with Crippen molar-refractivity contribution in [2.24, 2.45) is 5.92 Å². The minimum Gasteiger partial charge on any atom is -0.449 e. The maximum atomic E-state index is 12.4. The summed E-state index contributed by atoms with van der Waals surface area (Å²) in [6.45, 7) is 6.99. The van der Waals surface area contributed by atoms with Crippen molar-refractivity contribution in [3.05, 3.63) is 29.8 Å². The fourth-order valence-electron chi connectivity index (χ4n) is 2.66. The van der Waals surface area contributed by atoms with E-state index in [1.54, 1.807) is 32.9 Å². The zero-order chi connectivity index (χ0) is 21.1. The van der Waals surface area contributed by atoms with Gasteiger partial charge in [0.1, 0.15) is 5.54 Å². The molecule has 0 aromatic heterocycles. The fourth-order valence-corrected chi connectivity index (χ4v) is 4.21. The predicted octanol–water partition coefficient (Wildman–Crippen LogP) is 1.83. The van der Waals surface area contributed by atoms with Gasteiger partial charge in [-0.3, -0.25) is 9.10 Å². The number of nitriles is 1. The van der Waals surface area contributed by atoms with Gasteiger partial charge < -0.3 is 10.1 Å². The molecule has 0 bridgehead atoms. The Balaban J connectivity index is 2.10. The van der Waals surface area contributed by atoms with E-state index in [2.05, 4.69) is 11.4 Å². The lowest BCUT2D eigenvalue weighted by Crippen LogP contribution is -2.52. The molecule has 28 heavy (non-hydrogen) atoms. The Morgan fingerprint density at radius 3 is 2.54 bits per heavy atom. The van der Waals surface area contributed by atoms with E-state index in [4.69, 9.17) is 4.74 Å². The average Bonchev–Trinajstić information content (AvgIpc) is 3.00. The second-order valence-electron chi connectivity index (χ2n) is 7.30. The molecule has 1 heterocycles. The highest BCUT2D eigenvalue weighted by Crippen LogP contribution is 2.25. The molecule has 9 heteroatoms. The Bertz CT molecular complexity index is 906. The van der Waals surface area contributed by atoms with E-state index in [1.807, 2.05) is 0 Å². The molecule has 2 atom stereocenters. The molecule has 0 saturated carbocycles. The van der Waals surface area contributed by atoms with Crippen LogP contribution in [0.25, 0.3) is 0 Å². The molecule has 0 spiro atoms. The van der Waals surface area contributed by atoms with Gasteiger partial charge >= 0.3 is 5.97 Å².